The van der Waals surface area contributed by atoms with Gasteiger partial charge in [0, 0.05) is 10.9 Å². The smallest absolute Gasteiger partial charge is 0.220 e. The van der Waals surface area contributed by atoms with Crippen molar-refractivity contribution < 1.29 is 9.53 Å². The molecule has 88 valence electrons. The van der Waals surface area contributed by atoms with E-state index < -0.39 is 0 Å². The fourth-order valence-electron chi connectivity index (χ4n) is 1.23. The number of amides is 1. The first-order valence-electron chi connectivity index (χ1n) is 5.37. The number of hydrogen-bond acceptors (Lipinski definition) is 2. The van der Waals surface area contributed by atoms with Crippen LogP contribution in [0.15, 0.2) is 28.7 Å². The van der Waals surface area contributed by atoms with E-state index in [0.29, 0.717) is 19.6 Å². The lowest BCUT2D eigenvalue weighted by atomic mass is 10.3. The SMILES string of the molecule is CCCC(=O)NCCOc1cccc(Br)c1. The largest absolute Gasteiger partial charge is 0.492 e. The first-order chi connectivity index (χ1) is 7.72. The van der Waals surface area contributed by atoms with Crippen LogP contribution in [0.3, 0.4) is 0 Å². The van der Waals surface area contributed by atoms with Crippen molar-refractivity contribution in [2.75, 3.05) is 13.2 Å². The lowest BCUT2D eigenvalue weighted by Gasteiger charge is -2.07. The van der Waals surface area contributed by atoms with Crippen molar-refractivity contribution >= 4 is 21.8 Å². The maximum absolute atomic E-state index is 11.1. The molecule has 0 unspecified atom stereocenters. The Morgan fingerprint density at radius 3 is 3.00 bits per heavy atom. The molecule has 0 bridgehead atoms. The minimum atomic E-state index is 0.0837. The van der Waals surface area contributed by atoms with Gasteiger partial charge < -0.3 is 10.1 Å². The average Bonchev–Trinajstić information content (AvgIpc) is 2.25. The van der Waals surface area contributed by atoms with E-state index in [9.17, 15) is 4.79 Å². The number of benzene rings is 1. The molecule has 0 aliphatic rings. The predicted molar refractivity (Wildman–Crippen MR) is 67.6 cm³/mol. The Bertz CT molecular complexity index is 342. The Balaban J connectivity index is 2.18. The summed E-state index contributed by atoms with van der Waals surface area (Å²) in [5.74, 6) is 0.888. The molecule has 0 saturated carbocycles. The Kier molecular flexibility index (Phi) is 5.93. The predicted octanol–water partition coefficient (Wildman–Crippen LogP) is 2.74. The molecule has 0 aliphatic carbocycles. The molecule has 0 saturated heterocycles. The van der Waals surface area contributed by atoms with Gasteiger partial charge in [0.2, 0.25) is 5.91 Å². The molecule has 1 amide bonds. The van der Waals surface area contributed by atoms with Crippen molar-refractivity contribution in [3.8, 4) is 5.75 Å². The van der Waals surface area contributed by atoms with E-state index in [4.69, 9.17) is 4.74 Å². The summed E-state index contributed by atoms with van der Waals surface area (Å²) in [5, 5.41) is 2.79. The van der Waals surface area contributed by atoms with Gasteiger partial charge in [-0.25, -0.2) is 0 Å². The summed E-state index contributed by atoms with van der Waals surface area (Å²) in [6.07, 6.45) is 1.45. The van der Waals surface area contributed by atoms with Gasteiger partial charge in [-0.2, -0.15) is 0 Å². The Morgan fingerprint density at radius 1 is 1.50 bits per heavy atom. The van der Waals surface area contributed by atoms with E-state index in [1.807, 2.05) is 31.2 Å². The third kappa shape index (κ3) is 5.16. The molecular formula is C12H16BrNO2. The quantitative estimate of drug-likeness (QED) is 0.817. The van der Waals surface area contributed by atoms with E-state index in [1.165, 1.54) is 0 Å². The van der Waals surface area contributed by atoms with Gasteiger partial charge in [0.25, 0.3) is 0 Å². The molecule has 1 aromatic carbocycles. The minimum absolute atomic E-state index is 0.0837. The van der Waals surface area contributed by atoms with Crippen LogP contribution in [-0.2, 0) is 4.79 Å². The zero-order valence-corrected chi connectivity index (χ0v) is 10.9. The van der Waals surface area contributed by atoms with Crippen LogP contribution in [0.1, 0.15) is 19.8 Å². The minimum Gasteiger partial charge on any atom is -0.492 e. The Morgan fingerprint density at radius 2 is 2.31 bits per heavy atom. The van der Waals surface area contributed by atoms with Crippen molar-refractivity contribution in [2.24, 2.45) is 0 Å². The van der Waals surface area contributed by atoms with Crippen LogP contribution in [-0.4, -0.2) is 19.1 Å². The van der Waals surface area contributed by atoms with Crippen LogP contribution in [0.25, 0.3) is 0 Å². The summed E-state index contributed by atoms with van der Waals surface area (Å²) in [5.41, 5.74) is 0. The molecule has 0 spiro atoms. The van der Waals surface area contributed by atoms with Crippen molar-refractivity contribution in [1.29, 1.82) is 0 Å². The van der Waals surface area contributed by atoms with Gasteiger partial charge in [0.1, 0.15) is 12.4 Å². The molecular weight excluding hydrogens is 270 g/mol. The summed E-state index contributed by atoms with van der Waals surface area (Å²) in [7, 11) is 0. The molecule has 0 atom stereocenters. The molecule has 1 aromatic rings. The van der Waals surface area contributed by atoms with E-state index in [0.717, 1.165) is 16.6 Å². The fraction of sp³-hybridized carbons (Fsp3) is 0.417. The lowest BCUT2D eigenvalue weighted by molar-refractivity contribution is -0.121. The second-order valence-electron chi connectivity index (χ2n) is 3.41. The summed E-state index contributed by atoms with van der Waals surface area (Å²) in [6, 6.07) is 7.64. The number of hydrogen-bond donors (Lipinski definition) is 1. The summed E-state index contributed by atoms with van der Waals surface area (Å²) in [6.45, 7) is 3.02. The van der Waals surface area contributed by atoms with Crippen LogP contribution in [0, 0.1) is 0 Å². The zero-order valence-electron chi connectivity index (χ0n) is 9.33. The third-order valence-corrected chi connectivity index (χ3v) is 2.46. The second kappa shape index (κ2) is 7.28. The fourth-order valence-corrected chi connectivity index (χ4v) is 1.61. The van der Waals surface area contributed by atoms with Crippen LogP contribution < -0.4 is 10.1 Å². The highest BCUT2D eigenvalue weighted by Crippen LogP contribution is 2.17. The highest BCUT2D eigenvalue weighted by Gasteiger charge is 1.98. The van der Waals surface area contributed by atoms with E-state index in [-0.39, 0.29) is 5.91 Å². The van der Waals surface area contributed by atoms with E-state index >= 15 is 0 Å². The molecule has 0 heterocycles. The Labute approximate surface area is 104 Å². The highest BCUT2D eigenvalue weighted by atomic mass is 79.9. The summed E-state index contributed by atoms with van der Waals surface area (Å²) >= 11 is 3.37. The van der Waals surface area contributed by atoms with Gasteiger partial charge in [0.05, 0.1) is 6.54 Å². The van der Waals surface area contributed by atoms with Gasteiger partial charge in [-0.15, -0.1) is 0 Å². The third-order valence-electron chi connectivity index (χ3n) is 1.97. The van der Waals surface area contributed by atoms with Crippen LogP contribution in [0.4, 0.5) is 0 Å². The molecule has 16 heavy (non-hydrogen) atoms. The van der Waals surface area contributed by atoms with Gasteiger partial charge in [-0.1, -0.05) is 28.9 Å². The van der Waals surface area contributed by atoms with Gasteiger partial charge in [-0.05, 0) is 24.6 Å². The first kappa shape index (κ1) is 13.0. The average molecular weight is 286 g/mol. The first-order valence-corrected chi connectivity index (χ1v) is 6.16. The molecule has 4 heteroatoms. The molecule has 0 aliphatic heterocycles. The monoisotopic (exact) mass is 285 g/mol. The number of carbonyl (C=O) groups excluding carboxylic acids is 1. The lowest BCUT2D eigenvalue weighted by Crippen LogP contribution is -2.27. The number of nitrogens with one attached hydrogen (secondary N) is 1. The van der Waals surface area contributed by atoms with Crippen LogP contribution in [0.2, 0.25) is 0 Å². The molecule has 0 aromatic heterocycles. The van der Waals surface area contributed by atoms with Crippen molar-refractivity contribution in [3.63, 3.8) is 0 Å². The molecule has 1 N–H and O–H groups in total. The van der Waals surface area contributed by atoms with E-state index in [1.54, 1.807) is 0 Å². The van der Waals surface area contributed by atoms with Gasteiger partial charge in [-0.3, -0.25) is 4.79 Å². The highest BCUT2D eigenvalue weighted by molar-refractivity contribution is 9.10. The van der Waals surface area contributed by atoms with Gasteiger partial charge >= 0.3 is 0 Å². The van der Waals surface area contributed by atoms with Crippen molar-refractivity contribution in [1.82, 2.24) is 5.32 Å². The Hall–Kier alpha value is -1.03. The normalized spacial score (nSPS) is 9.88. The topological polar surface area (TPSA) is 38.3 Å². The summed E-state index contributed by atoms with van der Waals surface area (Å²) in [4.78, 5) is 11.1. The van der Waals surface area contributed by atoms with Crippen molar-refractivity contribution in [3.05, 3.63) is 28.7 Å². The number of ether oxygens (including phenoxy) is 1. The van der Waals surface area contributed by atoms with Gasteiger partial charge in [0.15, 0.2) is 0 Å². The molecule has 1 rings (SSSR count). The van der Waals surface area contributed by atoms with Crippen LogP contribution >= 0.6 is 15.9 Å². The molecule has 3 nitrogen and oxygen atoms in total. The number of rotatable bonds is 6. The number of halogens is 1. The second-order valence-corrected chi connectivity index (χ2v) is 4.32. The standard InChI is InChI=1S/C12H16BrNO2/c1-2-4-12(15)14-7-8-16-11-6-3-5-10(13)9-11/h3,5-6,9H,2,4,7-8H2,1H3,(H,14,15). The number of carbonyl (C=O) groups is 1. The molecule has 0 radical (unpaired) electrons. The summed E-state index contributed by atoms with van der Waals surface area (Å²) < 4.78 is 6.46. The van der Waals surface area contributed by atoms with E-state index in [2.05, 4.69) is 21.2 Å². The maximum Gasteiger partial charge on any atom is 0.220 e. The zero-order chi connectivity index (χ0) is 11.8. The maximum atomic E-state index is 11.1. The van der Waals surface area contributed by atoms with Crippen LogP contribution in [0.5, 0.6) is 5.75 Å². The van der Waals surface area contributed by atoms with Crippen molar-refractivity contribution in [2.45, 2.75) is 19.8 Å². The molecule has 0 fully saturated rings.